The fourth-order valence-electron chi connectivity index (χ4n) is 7.36. The molecule has 0 amide bonds. The average molecular weight is 636 g/mol. The van der Waals surface area contributed by atoms with Gasteiger partial charge in [0.2, 0.25) is 5.88 Å². The highest BCUT2D eigenvalue weighted by Gasteiger charge is 2.56. The molecule has 4 saturated heterocycles. The van der Waals surface area contributed by atoms with Crippen molar-refractivity contribution in [1.29, 1.82) is 5.26 Å². The molecular weight excluding hydrogens is 598 g/mol. The van der Waals surface area contributed by atoms with E-state index in [1.54, 1.807) is 30.2 Å². The van der Waals surface area contributed by atoms with Crippen molar-refractivity contribution in [2.75, 3.05) is 31.7 Å². The number of morpholine rings is 1. The number of nitrogens with zero attached hydrogens (tertiary/aromatic N) is 8. The van der Waals surface area contributed by atoms with Crippen LogP contribution in [0.3, 0.4) is 0 Å². The third-order valence-corrected chi connectivity index (χ3v) is 11.1. The lowest BCUT2D eigenvalue weighted by Crippen LogP contribution is -2.85. The molecule has 12 nitrogen and oxygen atoms in total. The van der Waals surface area contributed by atoms with Gasteiger partial charge in [-0.05, 0) is 28.7 Å². The maximum absolute atomic E-state index is 9.89. The van der Waals surface area contributed by atoms with Gasteiger partial charge >= 0.3 is 0 Å². The number of nitriles is 1. The number of rotatable bonds is 8. The molecule has 4 fully saturated rings. The zero-order valence-electron chi connectivity index (χ0n) is 29.1. The second kappa shape index (κ2) is 11.6. The molecule has 0 aliphatic carbocycles. The number of ether oxygens (including phenoxy) is 3. The van der Waals surface area contributed by atoms with Crippen molar-refractivity contribution in [2.45, 2.75) is 46.6 Å². The molecule has 19 heteroatoms. The Morgan fingerprint density at radius 2 is 1.77 bits per heavy atom. The minimum absolute atomic E-state index is 0.237. The van der Waals surface area contributed by atoms with Crippen LogP contribution < -0.4 is 19.7 Å². The molecule has 0 radical (unpaired) electrons. The number of piperidine rings is 1. The Balaban J connectivity index is 1.09. The summed E-state index contributed by atoms with van der Waals surface area (Å²) in [6.07, 6.45) is 10.1. The van der Waals surface area contributed by atoms with Crippen molar-refractivity contribution in [2.24, 2.45) is 0 Å². The lowest BCUT2D eigenvalue weighted by atomic mass is 9.34. The van der Waals surface area contributed by atoms with Gasteiger partial charge in [-0.3, -0.25) is 9.88 Å². The number of aromatic nitrogens is 5. The highest BCUT2D eigenvalue weighted by molar-refractivity contribution is 6.56. The molecule has 0 aromatic carbocycles. The first-order valence-electron chi connectivity index (χ1n) is 16.6. The standard InChI is InChI=1S/C29H38B7N9O3/c1-46-24-3-2-16(7-40-24)11-44-18-4-19(44)13-43(12-18)23-10-38-22(9-39-23)21-5-20(14-45-25(21)17(6-37)8-41-45)47-15-26(30)27(31,32)42-28(33,34)29(35,36)48-26/h2-3,5,7-10,14,18-19,42H,4,11-13,15,30-36H2,1H3. The summed E-state index contributed by atoms with van der Waals surface area (Å²) in [6.45, 7) is 2.96. The van der Waals surface area contributed by atoms with Gasteiger partial charge in [0, 0.05) is 54.9 Å². The van der Waals surface area contributed by atoms with Gasteiger partial charge in [0.15, 0.2) is 0 Å². The molecule has 0 spiro atoms. The maximum atomic E-state index is 9.89. The largest absolute Gasteiger partial charge is 0.490 e. The Morgan fingerprint density at radius 3 is 2.42 bits per heavy atom. The highest BCUT2D eigenvalue weighted by atomic mass is 16.6. The summed E-state index contributed by atoms with van der Waals surface area (Å²) in [4.78, 5) is 18.9. The number of fused-ring (bicyclic) bond motifs is 3. The first-order valence-corrected chi connectivity index (χ1v) is 16.6. The fraction of sp³-hybridized carbons (Fsp3) is 0.414. The van der Waals surface area contributed by atoms with E-state index in [2.05, 4.69) is 92.3 Å². The summed E-state index contributed by atoms with van der Waals surface area (Å²) < 4.78 is 20.1. The van der Waals surface area contributed by atoms with Crippen molar-refractivity contribution in [3.63, 3.8) is 0 Å². The van der Waals surface area contributed by atoms with Crippen molar-refractivity contribution < 1.29 is 14.2 Å². The minimum atomic E-state index is -0.638. The number of hydrogen-bond acceptors (Lipinski definition) is 11. The Labute approximate surface area is 287 Å². The Bertz CT molecular complexity index is 1880. The van der Waals surface area contributed by atoms with E-state index in [0.29, 0.717) is 47.1 Å². The summed E-state index contributed by atoms with van der Waals surface area (Å²) in [5.41, 5.74) is 3.05. The lowest BCUT2D eigenvalue weighted by Gasteiger charge is -2.63. The third-order valence-electron chi connectivity index (χ3n) is 11.1. The Morgan fingerprint density at radius 1 is 1.00 bits per heavy atom. The van der Waals surface area contributed by atoms with Crippen molar-refractivity contribution >= 4 is 66.3 Å². The first kappa shape index (κ1) is 32.7. The van der Waals surface area contributed by atoms with E-state index < -0.39 is 10.9 Å². The van der Waals surface area contributed by atoms with Crippen LogP contribution in [0.15, 0.2) is 49.2 Å². The van der Waals surface area contributed by atoms with Gasteiger partial charge in [0.1, 0.15) is 79.2 Å². The van der Waals surface area contributed by atoms with Crippen LogP contribution in [-0.2, 0) is 11.3 Å². The van der Waals surface area contributed by atoms with Crippen LogP contribution >= 0.6 is 0 Å². The van der Waals surface area contributed by atoms with E-state index in [0.717, 1.165) is 31.0 Å². The maximum Gasteiger partial charge on any atom is 0.212 e. The van der Waals surface area contributed by atoms with Gasteiger partial charge in [0.25, 0.3) is 0 Å². The smallest absolute Gasteiger partial charge is 0.212 e. The molecule has 3 unspecified atom stereocenters. The molecule has 1 N–H and O–H groups in total. The quantitative estimate of drug-likeness (QED) is 0.187. The monoisotopic (exact) mass is 637 g/mol. The van der Waals surface area contributed by atoms with Crippen LogP contribution in [0.2, 0.25) is 0 Å². The topological polar surface area (TPSA) is 126 Å². The fourth-order valence-corrected chi connectivity index (χ4v) is 7.36. The number of methoxy groups -OCH3 is 1. The average Bonchev–Trinajstić information content (AvgIpc) is 3.48. The van der Waals surface area contributed by atoms with Gasteiger partial charge in [0.05, 0.1) is 54.2 Å². The number of pyridine rings is 2. The van der Waals surface area contributed by atoms with Crippen LogP contribution in [0.5, 0.6) is 11.6 Å². The Hall–Kier alpha value is -3.86. The molecule has 48 heavy (non-hydrogen) atoms. The molecule has 4 aromatic rings. The summed E-state index contributed by atoms with van der Waals surface area (Å²) in [7, 11) is 16.6. The number of hydrogen-bond donors (Lipinski definition) is 1. The van der Waals surface area contributed by atoms with Gasteiger partial charge in [-0.25, -0.2) is 14.5 Å². The van der Waals surface area contributed by atoms with Crippen LogP contribution in [0.1, 0.15) is 17.5 Å². The molecule has 2 bridgehead atoms. The van der Waals surface area contributed by atoms with E-state index in [-0.39, 0.29) is 10.7 Å². The third kappa shape index (κ3) is 5.57. The molecule has 238 valence electrons. The number of piperazine rings is 1. The predicted molar refractivity (Wildman–Crippen MR) is 202 cm³/mol. The predicted octanol–water partition coefficient (Wildman–Crippen LogP) is -5.38. The first-order chi connectivity index (χ1) is 22.7. The van der Waals surface area contributed by atoms with E-state index in [1.807, 2.05) is 24.5 Å². The molecule has 8 heterocycles. The highest BCUT2D eigenvalue weighted by Crippen LogP contribution is 2.37. The molecule has 4 aliphatic heterocycles. The van der Waals surface area contributed by atoms with Crippen molar-refractivity contribution in [3.8, 4) is 29.0 Å². The van der Waals surface area contributed by atoms with Crippen molar-refractivity contribution in [3.05, 3.63) is 60.3 Å². The normalized spacial score (nSPS) is 25.5. The van der Waals surface area contributed by atoms with E-state index in [4.69, 9.17) is 24.2 Å². The summed E-state index contributed by atoms with van der Waals surface area (Å²) in [5, 5.41) is 17.1. The van der Waals surface area contributed by atoms with Crippen LogP contribution in [0.25, 0.3) is 16.8 Å². The lowest BCUT2D eigenvalue weighted by molar-refractivity contribution is -0.105. The summed E-state index contributed by atoms with van der Waals surface area (Å²) in [5.74, 6) is 2.08. The van der Waals surface area contributed by atoms with Crippen LogP contribution in [0.4, 0.5) is 5.82 Å². The number of anilines is 1. The molecule has 8 rings (SSSR count). The van der Waals surface area contributed by atoms with E-state index >= 15 is 0 Å². The molecule has 4 aromatic heterocycles. The summed E-state index contributed by atoms with van der Waals surface area (Å²) in [6, 6.07) is 9.11. The number of nitrogens with one attached hydrogen (secondary N) is 1. The zero-order chi connectivity index (χ0) is 34.1. The van der Waals surface area contributed by atoms with Crippen LogP contribution in [0, 0.1) is 11.3 Å². The second-order valence-electron chi connectivity index (χ2n) is 15.1. The van der Waals surface area contributed by atoms with Crippen molar-refractivity contribution in [1.82, 2.24) is 34.8 Å². The second-order valence-corrected chi connectivity index (χ2v) is 15.1. The Kier molecular flexibility index (Phi) is 7.92. The molecule has 4 aliphatic rings. The summed E-state index contributed by atoms with van der Waals surface area (Å²) >= 11 is 0. The van der Waals surface area contributed by atoms with E-state index in [9.17, 15) is 5.26 Å². The van der Waals surface area contributed by atoms with Gasteiger partial charge in [-0.15, -0.1) is 0 Å². The van der Waals surface area contributed by atoms with Gasteiger partial charge < -0.3 is 24.4 Å². The van der Waals surface area contributed by atoms with Crippen LogP contribution in [-0.4, -0.2) is 145 Å². The molecule has 0 saturated carbocycles. The van der Waals surface area contributed by atoms with Gasteiger partial charge in [-0.2, -0.15) is 10.4 Å². The minimum Gasteiger partial charge on any atom is -0.490 e. The van der Waals surface area contributed by atoms with E-state index in [1.165, 1.54) is 12.0 Å². The molecular formula is C29H38B7N9O3. The molecule has 3 atom stereocenters. The zero-order valence-corrected chi connectivity index (χ0v) is 29.1. The SMILES string of the molecule is BC1(B)NC(B)(B)C(B)(COc2cc(-c3cnc(N4CC5CC(C4)N5Cc4ccc(OC)nc4)cn3)c3c(C#N)cnn3c2)OC1(B)B. The van der Waals surface area contributed by atoms with Gasteiger partial charge in [-0.1, -0.05) is 6.07 Å².